The quantitative estimate of drug-likeness (QED) is 0.660. The van der Waals surface area contributed by atoms with E-state index in [2.05, 4.69) is 4.98 Å². The van der Waals surface area contributed by atoms with E-state index >= 15 is 0 Å². The van der Waals surface area contributed by atoms with Gasteiger partial charge >= 0.3 is 0 Å². The molecule has 7 nitrogen and oxygen atoms in total. The summed E-state index contributed by atoms with van der Waals surface area (Å²) in [5.74, 6) is 0.400. The Kier molecular flexibility index (Phi) is 4.25. The van der Waals surface area contributed by atoms with Crippen molar-refractivity contribution in [2.75, 3.05) is 11.7 Å². The molecule has 2 aliphatic rings. The van der Waals surface area contributed by atoms with Gasteiger partial charge in [-0.3, -0.25) is 14.6 Å². The van der Waals surface area contributed by atoms with Crippen LogP contribution in [0.3, 0.4) is 0 Å². The molecule has 0 spiro atoms. The van der Waals surface area contributed by atoms with E-state index < -0.39 is 11.5 Å². The minimum absolute atomic E-state index is 0.167. The third kappa shape index (κ3) is 2.91. The lowest BCUT2D eigenvalue weighted by Gasteiger charge is -2.23. The molecule has 150 valence electrons. The molecule has 0 aliphatic carbocycles. The van der Waals surface area contributed by atoms with Gasteiger partial charge < -0.3 is 19.5 Å². The summed E-state index contributed by atoms with van der Waals surface area (Å²) in [7, 11) is 0. The van der Waals surface area contributed by atoms with E-state index in [1.807, 2.05) is 12.1 Å². The van der Waals surface area contributed by atoms with Gasteiger partial charge in [0.25, 0.3) is 5.91 Å². The number of amides is 1. The van der Waals surface area contributed by atoms with Gasteiger partial charge in [0.05, 0.1) is 18.7 Å². The Morgan fingerprint density at radius 3 is 2.77 bits per heavy atom. The number of nitrogens with zero attached hydrogens (tertiary/aromatic N) is 2. The maximum Gasteiger partial charge on any atom is 0.264 e. The average Bonchev–Trinajstić information content (AvgIpc) is 3.32. The van der Waals surface area contributed by atoms with Gasteiger partial charge in [0.2, 0.25) is 6.79 Å². The molecule has 1 atom stereocenters. The summed E-state index contributed by atoms with van der Waals surface area (Å²) < 4.78 is 10.8. The molecule has 0 unspecified atom stereocenters. The SMILES string of the molecule is O=C(C[C@]1(O)C(=O)N(Cc2ccc3c(c2)OCO3)c2ccccc21)c1cccnc1. The number of Topliss-reactive ketones (excluding diaryl/α,β-unsaturated/α-hetero) is 1. The smallest absolute Gasteiger partial charge is 0.264 e. The molecule has 7 heteroatoms. The Hall–Kier alpha value is -3.71. The van der Waals surface area contributed by atoms with E-state index in [0.717, 1.165) is 5.56 Å². The Bertz CT molecular complexity index is 1150. The monoisotopic (exact) mass is 402 g/mol. The molecular formula is C23H18N2O5. The Labute approximate surface area is 172 Å². The molecule has 0 bridgehead atoms. The van der Waals surface area contributed by atoms with Gasteiger partial charge in [-0.15, -0.1) is 0 Å². The van der Waals surface area contributed by atoms with Gasteiger partial charge in [-0.25, -0.2) is 0 Å². The number of anilines is 1. The highest BCUT2D eigenvalue weighted by molar-refractivity contribution is 6.10. The number of rotatable bonds is 5. The van der Waals surface area contributed by atoms with E-state index in [-0.39, 0.29) is 25.5 Å². The van der Waals surface area contributed by atoms with E-state index in [0.29, 0.717) is 28.3 Å². The molecule has 1 amide bonds. The van der Waals surface area contributed by atoms with Crippen molar-refractivity contribution in [3.63, 3.8) is 0 Å². The number of benzene rings is 2. The summed E-state index contributed by atoms with van der Waals surface area (Å²) >= 11 is 0. The summed E-state index contributed by atoms with van der Waals surface area (Å²) in [6, 6.07) is 15.7. The first-order chi connectivity index (χ1) is 14.6. The van der Waals surface area contributed by atoms with Crippen LogP contribution in [0.15, 0.2) is 67.0 Å². The Morgan fingerprint density at radius 1 is 1.10 bits per heavy atom. The summed E-state index contributed by atoms with van der Waals surface area (Å²) in [6.45, 7) is 0.399. The van der Waals surface area contributed by atoms with Gasteiger partial charge in [-0.2, -0.15) is 0 Å². The van der Waals surface area contributed by atoms with Crippen LogP contribution in [0.4, 0.5) is 5.69 Å². The lowest BCUT2D eigenvalue weighted by Crippen LogP contribution is -2.41. The molecule has 3 aromatic rings. The van der Waals surface area contributed by atoms with Crippen LogP contribution in [0.1, 0.15) is 27.9 Å². The minimum atomic E-state index is -1.93. The number of fused-ring (bicyclic) bond motifs is 2. The second kappa shape index (κ2) is 6.96. The van der Waals surface area contributed by atoms with Crippen LogP contribution < -0.4 is 14.4 Å². The largest absolute Gasteiger partial charge is 0.454 e. The number of hydrogen-bond acceptors (Lipinski definition) is 6. The minimum Gasteiger partial charge on any atom is -0.454 e. The number of aliphatic hydroxyl groups is 1. The molecule has 5 rings (SSSR count). The van der Waals surface area contributed by atoms with E-state index in [9.17, 15) is 14.7 Å². The van der Waals surface area contributed by atoms with Crippen molar-refractivity contribution in [1.82, 2.24) is 4.98 Å². The number of pyridine rings is 1. The van der Waals surface area contributed by atoms with E-state index in [4.69, 9.17) is 9.47 Å². The maximum absolute atomic E-state index is 13.3. The zero-order valence-corrected chi connectivity index (χ0v) is 15.9. The van der Waals surface area contributed by atoms with Crippen molar-refractivity contribution in [1.29, 1.82) is 0 Å². The molecule has 2 aromatic carbocycles. The van der Waals surface area contributed by atoms with Crippen LogP contribution >= 0.6 is 0 Å². The topological polar surface area (TPSA) is 89.0 Å². The summed E-state index contributed by atoms with van der Waals surface area (Å²) in [5, 5.41) is 11.4. The third-order valence-electron chi connectivity index (χ3n) is 5.42. The second-order valence-electron chi connectivity index (χ2n) is 7.30. The highest BCUT2D eigenvalue weighted by Crippen LogP contribution is 2.44. The zero-order valence-electron chi connectivity index (χ0n) is 15.9. The second-order valence-corrected chi connectivity index (χ2v) is 7.30. The molecule has 3 heterocycles. The van der Waals surface area contributed by atoms with Crippen LogP contribution in [0.5, 0.6) is 11.5 Å². The van der Waals surface area contributed by atoms with Crippen LogP contribution in [-0.4, -0.2) is 28.6 Å². The fraction of sp³-hybridized carbons (Fsp3) is 0.174. The molecule has 2 aliphatic heterocycles. The number of para-hydroxylation sites is 1. The number of aromatic nitrogens is 1. The molecule has 0 radical (unpaired) electrons. The Morgan fingerprint density at radius 2 is 1.93 bits per heavy atom. The fourth-order valence-corrected chi connectivity index (χ4v) is 3.92. The van der Waals surface area contributed by atoms with Gasteiger partial charge in [-0.05, 0) is 35.9 Å². The lowest BCUT2D eigenvalue weighted by atomic mass is 9.88. The van der Waals surface area contributed by atoms with Crippen molar-refractivity contribution < 1.29 is 24.2 Å². The first-order valence-corrected chi connectivity index (χ1v) is 9.52. The first-order valence-electron chi connectivity index (χ1n) is 9.52. The van der Waals surface area contributed by atoms with Crippen LogP contribution in [-0.2, 0) is 16.9 Å². The molecule has 0 saturated heterocycles. The van der Waals surface area contributed by atoms with Crippen molar-refractivity contribution in [3.05, 3.63) is 83.7 Å². The number of carbonyl (C=O) groups is 2. The van der Waals surface area contributed by atoms with Crippen LogP contribution in [0.2, 0.25) is 0 Å². The molecule has 0 saturated carbocycles. The van der Waals surface area contributed by atoms with E-state index in [1.165, 1.54) is 11.1 Å². The molecule has 30 heavy (non-hydrogen) atoms. The van der Waals surface area contributed by atoms with Crippen molar-refractivity contribution in [2.24, 2.45) is 0 Å². The van der Waals surface area contributed by atoms with Gasteiger partial charge in [-0.1, -0.05) is 24.3 Å². The highest BCUT2D eigenvalue weighted by Gasteiger charge is 2.50. The normalized spacial score (nSPS) is 19.1. The van der Waals surface area contributed by atoms with Gasteiger partial charge in [0.15, 0.2) is 22.9 Å². The van der Waals surface area contributed by atoms with Crippen LogP contribution in [0, 0.1) is 0 Å². The fourth-order valence-electron chi connectivity index (χ4n) is 3.92. The average molecular weight is 402 g/mol. The van der Waals surface area contributed by atoms with Gasteiger partial charge in [0, 0.05) is 23.5 Å². The van der Waals surface area contributed by atoms with Crippen molar-refractivity contribution in [2.45, 2.75) is 18.6 Å². The maximum atomic E-state index is 13.3. The summed E-state index contributed by atoms with van der Waals surface area (Å²) in [6.07, 6.45) is 2.64. The van der Waals surface area contributed by atoms with Crippen molar-refractivity contribution in [3.8, 4) is 11.5 Å². The third-order valence-corrected chi connectivity index (χ3v) is 5.42. The number of carbonyl (C=O) groups excluding carboxylic acids is 2. The lowest BCUT2D eigenvalue weighted by molar-refractivity contribution is -0.136. The van der Waals surface area contributed by atoms with E-state index in [1.54, 1.807) is 48.7 Å². The molecular weight excluding hydrogens is 384 g/mol. The molecule has 1 aromatic heterocycles. The standard InChI is InChI=1S/C23H18N2O5/c26-19(16-4-3-9-24-12-16)11-23(28)17-5-1-2-6-18(17)25(22(23)27)13-15-7-8-20-21(10-15)30-14-29-20/h1-10,12,28H,11,13-14H2/t23-/m1/s1. The number of hydrogen-bond donors (Lipinski definition) is 1. The molecule has 1 N–H and O–H groups in total. The number of ether oxygens (including phenoxy) is 2. The predicted molar refractivity (Wildman–Crippen MR) is 107 cm³/mol. The molecule has 0 fully saturated rings. The van der Waals surface area contributed by atoms with Crippen LogP contribution in [0.25, 0.3) is 0 Å². The highest BCUT2D eigenvalue weighted by atomic mass is 16.7. The zero-order chi connectivity index (χ0) is 20.7. The number of ketones is 1. The van der Waals surface area contributed by atoms with Gasteiger partial charge in [0.1, 0.15) is 0 Å². The van der Waals surface area contributed by atoms with Crippen molar-refractivity contribution >= 4 is 17.4 Å². The first kappa shape index (κ1) is 18.3. The predicted octanol–water partition coefficient (Wildman–Crippen LogP) is 2.82. The summed E-state index contributed by atoms with van der Waals surface area (Å²) in [5.41, 5.74) is 0.255. The Balaban J connectivity index is 1.47. The summed E-state index contributed by atoms with van der Waals surface area (Å²) in [4.78, 5) is 31.5.